The van der Waals surface area contributed by atoms with E-state index in [1.165, 1.54) is 5.56 Å². The Hall–Kier alpha value is -2.08. The molecule has 0 saturated carbocycles. The molecule has 1 aromatic carbocycles. The van der Waals surface area contributed by atoms with Gasteiger partial charge in [0.05, 0.1) is 13.2 Å². The summed E-state index contributed by atoms with van der Waals surface area (Å²) in [6, 6.07) is 10.1. The van der Waals surface area contributed by atoms with Gasteiger partial charge in [-0.2, -0.15) is 0 Å². The number of rotatable bonds is 3. The molecule has 2 aliphatic heterocycles. The molecule has 24 heavy (non-hydrogen) atoms. The van der Waals surface area contributed by atoms with Gasteiger partial charge < -0.3 is 19.4 Å². The Morgan fingerprint density at radius 3 is 2.08 bits per heavy atom. The molecule has 0 N–H and O–H groups in total. The van der Waals surface area contributed by atoms with E-state index in [1.807, 2.05) is 45.0 Å². The van der Waals surface area contributed by atoms with E-state index in [9.17, 15) is 9.59 Å². The zero-order valence-electron chi connectivity index (χ0n) is 14.0. The Balaban J connectivity index is 1.42. The summed E-state index contributed by atoms with van der Waals surface area (Å²) in [6.07, 6.45) is 1.30. The summed E-state index contributed by atoms with van der Waals surface area (Å²) in [5.41, 5.74) is 1.19. The van der Waals surface area contributed by atoms with Gasteiger partial charge in [0, 0.05) is 45.7 Å². The number of nitrogens with zero attached hydrogens (tertiary/aromatic N) is 3. The minimum absolute atomic E-state index is 0.0784. The van der Waals surface area contributed by atoms with Crippen molar-refractivity contribution in [3.63, 3.8) is 0 Å². The maximum atomic E-state index is 12.4. The number of ether oxygens (including phenoxy) is 1. The molecule has 0 aliphatic carbocycles. The van der Waals surface area contributed by atoms with Crippen LogP contribution in [-0.2, 0) is 16.0 Å². The van der Waals surface area contributed by atoms with E-state index in [0.717, 1.165) is 6.42 Å². The van der Waals surface area contributed by atoms with Crippen LogP contribution in [0.4, 0.5) is 4.79 Å². The number of carbonyl (C=O) groups is 2. The minimum Gasteiger partial charge on any atom is -0.378 e. The van der Waals surface area contributed by atoms with Crippen molar-refractivity contribution in [2.75, 3.05) is 52.5 Å². The predicted octanol–water partition coefficient (Wildman–Crippen LogP) is 1.22. The van der Waals surface area contributed by atoms with Crippen molar-refractivity contribution >= 4 is 11.9 Å². The van der Waals surface area contributed by atoms with Crippen molar-refractivity contribution in [2.24, 2.45) is 0 Å². The standard InChI is InChI=1S/C18H25N3O3/c22-17(7-6-16-4-2-1-3-5-16)19-8-10-20(11-9-19)18(23)21-12-14-24-15-13-21/h1-5H,6-15H2. The van der Waals surface area contributed by atoms with Crippen LogP contribution < -0.4 is 0 Å². The summed E-state index contributed by atoms with van der Waals surface area (Å²) in [5.74, 6) is 0.178. The summed E-state index contributed by atoms with van der Waals surface area (Å²) in [7, 11) is 0. The Morgan fingerprint density at radius 1 is 0.833 bits per heavy atom. The quantitative estimate of drug-likeness (QED) is 0.837. The van der Waals surface area contributed by atoms with Gasteiger partial charge in [-0.3, -0.25) is 4.79 Å². The highest BCUT2D eigenvalue weighted by molar-refractivity contribution is 5.78. The molecule has 0 bridgehead atoms. The lowest BCUT2D eigenvalue weighted by Gasteiger charge is -2.38. The van der Waals surface area contributed by atoms with Crippen LogP contribution >= 0.6 is 0 Å². The zero-order chi connectivity index (χ0) is 16.8. The molecule has 0 atom stereocenters. The SMILES string of the molecule is O=C(CCc1ccccc1)N1CCN(C(=O)N2CCOCC2)CC1. The van der Waals surface area contributed by atoms with Gasteiger partial charge in [-0.05, 0) is 12.0 Å². The summed E-state index contributed by atoms with van der Waals surface area (Å²) < 4.78 is 5.28. The smallest absolute Gasteiger partial charge is 0.320 e. The molecular formula is C18H25N3O3. The molecule has 2 heterocycles. The Labute approximate surface area is 143 Å². The van der Waals surface area contributed by atoms with E-state index < -0.39 is 0 Å². The number of piperazine rings is 1. The number of urea groups is 1. The Morgan fingerprint density at radius 2 is 1.42 bits per heavy atom. The van der Waals surface area contributed by atoms with Gasteiger partial charge in [-0.15, -0.1) is 0 Å². The van der Waals surface area contributed by atoms with Gasteiger partial charge in [-0.25, -0.2) is 4.79 Å². The monoisotopic (exact) mass is 331 g/mol. The number of morpholine rings is 1. The molecular weight excluding hydrogens is 306 g/mol. The van der Waals surface area contributed by atoms with Crippen molar-refractivity contribution in [2.45, 2.75) is 12.8 Å². The number of hydrogen-bond acceptors (Lipinski definition) is 3. The largest absolute Gasteiger partial charge is 0.378 e. The second kappa shape index (κ2) is 8.15. The van der Waals surface area contributed by atoms with Crippen LogP contribution in [0.15, 0.2) is 30.3 Å². The summed E-state index contributed by atoms with van der Waals surface area (Å²) in [5, 5.41) is 0. The first kappa shape index (κ1) is 16.8. The second-order valence-electron chi connectivity index (χ2n) is 6.24. The highest BCUT2D eigenvalue weighted by Crippen LogP contribution is 2.10. The van der Waals surface area contributed by atoms with E-state index in [-0.39, 0.29) is 11.9 Å². The first-order chi connectivity index (χ1) is 11.7. The molecule has 6 nitrogen and oxygen atoms in total. The number of amides is 3. The van der Waals surface area contributed by atoms with Crippen LogP contribution in [0.5, 0.6) is 0 Å². The first-order valence-corrected chi connectivity index (χ1v) is 8.67. The Kier molecular flexibility index (Phi) is 5.69. The molecule has 2 saturated heterocycles. The lowest BCUT2D eigenvalue weighted by Crippen LogP contribution is -2.55. The molecule has 130 valence electrons. The lowest BCUT2D eigenvalue weighted by atomic mass is 10.1. The fourth-order valence-electron chi connectivity index (χ4n) is 3.16. The number of carbonyl (C=O) groups excluding carboxylic acids is 2. The van der Waals surface area contributed by atoms with Gasteiger partial charge in [0.25, 0.3) is 0 Å². The molecule has 2 fully saturated rings. The topological polar surface area (TPSA) is 53.1 Å². The van der Waals surface area contributed by atoms with Gasteiger partial charge in [0.2, 0.25) is 5.91 Å². The van der Waals surface area contributed by atoms with E-state index in [4.69, 9.17) is 4.74 Å². The third kappa shape index (κ3) is 4.26. The van der Waals surface area contributed by atoms with Crippen molar-refractivity contribution < 1.29 is 14.3 Å². The minimum atomic E-state index is 0.0784. The third-order valence-corrected chi connectivity index (χ3v) is 4.65. The molecule has 3 rings (SSSR count). The van der Waals surface area contributed by atoms with Crippen molar-refractivity contribution in [3.8, 4) is 0 Å². The van der Waals surface area contributed by atoms with Crippen LogP contribution in [-0.4, -0.2) is 79.1 Å². The highest BCUT2D eigenvalue weighted by Gasteiger charge is 2.27. The zero-order valence-corrected chi connectivity index (χ0v) is 14.0. The third-order valence-electron chi connectivity index (χ3n) is 4.65. The van der Waals surface area contributed by atoms with Gasteiger partial charge >= 0.3 is 6.03 Å². The highest BCUT2D eigenvalue weighted by atomic mass is 16.5. The Bertz CT molecular complexity index is 550. The number of benzene rings is 1. The van der Waals surface area contributed by atoms with E-state index in [0.29, 0.717) is 58.9 Å². The molecule has 0 unspecified atom stereocenters. The van der Waals surface area contributed by atoms with Crippen LogP contribution in [0, 0.1) is 0 Å². The van der Waals surface area contributed by atoms with Crippen molar-refractivity contribution in [3.05, 3.63) is 35.9 Å². The van der Waals surface area contributed by atoms with Gasteiger partial charge in [0.15, 0.2) is 0 Å². The maximum absolute atomic E-state index is 12.4. The molecule has 0 spiro atoms. The number of aryl methyl sites for hydroxylation is 1. The van der Waals surface area contributed by atoms with Crippen LogP contribution in [0.1, 0.15) is 12.0 Å². The molecule has 0 radical (unpaired) electrons. The fraction of sp³-hybridized carbons (Fsp3) is 0.556. The van der Waals surface area contributed by atoms with Crippen molar-refractivity contribution in [1.82, 2.24) is 14.7 Å². The molecule has 0 aromatic heterocycles. The summed E-state index contributed by atoms with van der Waals surface area (Å²) in [4.78, 5) is 30.4. The van der Waals surface area contributed by atoms with E-state index in [1.54, 1.807) is 0 Å². The second-order valence-corrected chi connectivity index (χ2v) is 6.24. The van der Waals surface area contributed by atoms with E-state index >= 15 is 0 Å². The molecule has 3 amide bonds. The van der Waals surface area contributed by atoms with Crippen LogP contribution in [0.2, 0.25) is 0 Å². The van der Waals surface area contributed by atoms with E-state index in [2.05, 4.69) is 0 Å². The van der Waals surface area contributed by atoms with Gasteiger partial charge in [-0.1, -0.05) is 30.3 Å². The number of hydrogen-bond donors (Lipinski definition) is 0. The van der Waals surface area contributed by atoms with Crippen LogP contribution in [0.3, 0.4) is 0 Å². The summed E-state index contributed by atoms with van der Waals surface area (Å²) >= 11 is 0. The average molecular weight is 331 g/mol. The van der Waals surface area contributed by atoms with Crippen molar-refractivity contribution in [1.29, 1.82) is 0 Å². The lowest BCUT2D eigenvalue weighted by molar-refractivity contribution is -0.132. The molecule has 1 aromatic rings. The fourth-order valence-corrected chi connectivity index (χ4v) is 3.16. The normalized spacial score (nSPS) is 18.6. The maximum Gasteiger partial charge on any atom is 0.320 e. The first-order valence-electron chi connectivity index (χ1n) is 8.67. The average Bonchev–Trinajstić information content (AvgIpc) is 2.67. The predicted molar refractivity (Wildman–Crippen MR) is 90.7 cm³/mol. The summed E-state index contributed by atoms with van der Waals surface area (Å²) in [6.45, 7) is 5.05. The molecule has 6 heteroatoms. The molecule has 2 aliphatic rings. The van der Waals surface area contributed by atoms with Crippen LogP contribution in [0.25, 0.3) is 0 Å². The van der Waals surface area contributed by atoms with Gasteiger partial charge in [0.1, 0.15) is 0 Å².